The van der Waals surface area contributed by atoms with Crippen LogP contribution in [0.1, 0.15) is 34.1 Å². The van der Waals surface area contributed by atoms with E-state index in [-0.39, 0.29) is 18.3 Å². The number of halogens is 2. The molecular weight excluding hydrogens is 446 g/mol. The number of nitrogens with one attached hydrogen (secondary N) is 1. The number of ether oxygens (including phenoxy) is 1. The van der Waals surface area contributed by atoms with Crippen molar-refractivity contribution < 1.29 is 13.9 Å². The number of aryl methyl sites for hydroxylation is 2. The van der Waals surface area contributed by atoms with Crippen LogP contribution >= 0.6 is 27.5 Å². The van der Waals surface area contributed by atoms with Gasteiger partial charge in [0.25, 0.3) is 5.91 Å². The van der Waals surface area contributed by atoms with Crippen LogP contribution in [0.4, 0.5) is 0 Å². The van der Waals surface area contributed by atoms with Gasteiger partial charge in [-0.1, -0.05) is 23.7 Å². The Morgan fingerprint density at radius 3 is 2.79 bits per heavy atom. The summed E-state index contributed by atoms with van der Waals surface area (Å²) in [5.74, 6) is 1.31. The molecule has 1 amide bonds. The molecule has 0 aliphatic heterocycles. The fraction of sp³-hybridized carbons (Fsp3) is 0.300. The van der Waals surface area contributed by atoms with Gasteiger partial charge in [-0.05, 0) is 60.5 Å². The van der Waals surface area contributed by atoms with Crippen LogP contribution in [0.25, 0.3) is 0 Å². The Morgan fingerprint density at radius 2 is 2.07 bits per heavy atom. The molecule has 2 heterocycles. The van der Waals surface area contributed by atoms with E-state index in [1.165, 1.54) is 0 Å². The Kier molecular flexibility index (Phi) is 6.80. The molecular formula is C20H21BrClN3O3. The highest BCUT2D eigenvalue weighted by Crippen LogP contribution is 2.25. The molecule has 0 aliphatic rings. The predicted molar refractivity (Wildman–Crippen MR) is 111 cm³/mol. The standard InChI is InChI=1S/C20H21BrClN3O3/c1-13-19(22)14(2)25(24-13)11-5-10-23-20(26)18-9-8-15(28-18)12-27-17-7-4-3-6-16(17)21/h3-4,6-9H,5,10-12H2,1-2H3,(H,23,26). The van der Waals surface area contributed by atoms with E-state index < -0.39 is 0 Å². The number of carbonyl (C=O) groups is 1. The van der Waals surface area contributed by atoms with Gasteiger partial charge in [0, 0.05) is 13.1 Å². The highest BCUT2D eigenvalue weighted by Gasteiger charge is 2.12. The Bertz CT molecular complexity index is 968. The van der Waals surface area contributed by atoms with Crippen LogP contribution < -0.4 is 10.1 Å². The predicted octanol–water partition coefficient (Wildman–Crippen LogP) is 4.91. The Balaban J connectivity index is 1.45. The van der Waals surface area contributed by atoms with Crippen molar-refractivity contribution in [1.82, 2.24) is 15.1 Å². The smallest absolute Gasteiger partial charge is 0.286 e. The zero-order valence-corrected chi connectivity index (χ0v) is 18.0. The van der Waals surface area contributed by atoms with E-state index in [0.717, 1.165) is 22.3 Å². The number of rotatable bonds is 8. The third kappa shape index (κ3) is 4.97. The summed E-state index contributed by atoms with van der Waals surface area (Å²) in [6.45, 7) is 5.25. The average Bonchev–Trinajstić information content (AvgIpc) is 3.25. The van der Waals surface area contributed by atoms with Gasteiger partial charge in [-0.15, -0.1) is 0 Å². The minimum atomic E-state index is -0.251. The van der Waals surface area contributed by atoms with E-state index in [1.54, 1.807) is 12.1 Å². The third-order valence-electron chi connectivity index (χ3n) is 4.22. The van der Waals surface area contributed by atoms with E-state index in [4.69, 9.17) is 20.8 Å². The number of hydrogen-bond donors (Lipinski definition) is 1. The number of carbonyl (C=O) groups excluding carboxylic acids is 1. The summed E-state index contributed by atoms with van der Waals surface area (Å²) in [4.78, 5) is 12.2. The van der Waals surface area contributed by atoms with Crippen LogP contribution in [-0.4, -0.2) is 22.2 Å². The Morgan fingerprint density at radius 1 is 1.29 bits per heavy atom. The van der Waals surface area contributed by atoms with Gasteiger partial charge in [0.05, 0.1) is 20.9 Å². The molecule has 0 atom stereocenters. The van der Waals surface area contributed by atoms with Gasteiger partial charge in [0.1, 0.15) is 18.1 Å². The van der Waals surface area contributed by atoms with Crippen LogP contribution in [0.3, 0.4) is 0 Å². The third-order valence-corrected chi connectivity index (χ3v) is 5.42. The second-order valence-corrected chi connectivity index (χ2v) is 7.53. The number of furan rings is 1. The molecule has 3 aromatic rings. The maximum absolute atomic E-state index is 12.2. The number of benzene rings is 1. The molecule has 0 radical (unpaired) electrons. The highest BCUT2D eigenvalue weighted by atomic mass is 79.9. The second kappa shape index (κ2) is 9.30. The normalized spacial score (nSPS) is 10.9. The van der Waals surface area contributed by atoms with E-state index in [2.05, 4.69) is 26.3 Å². The van der Waals surface area contributed by atoms with Crippen LogP contribution in [0.2, 0.25) is 5.02 Å². The van der Waals surface area contributed by atoms with Gasteiger partial charge in [-0.2, -0.15) is 5.10 Å². The van der Waals surface area contributed by atoms with Gasteiger partial charge in [-0.3, -0.25) is 9.48 Å². The summed E-state index contributed by atoms with van der Waals surface area (Å²) >= 11 is 9.57. The molecule has 3 rings (SSSR count). The minimum Gasteiger partial charge on any atom is -0.484 e. The van der Waals surface area contributed by atoms with E-state index in [9.17, 15) is 4.79 Å². The topological polar surface area (TPSA) is 69.3 Å². The summed E-state index contributed by atoms with van der Waals surface area (Å²) in [5, 5.41) is 7.92. The molecule has 0 unspecified atom stereocenters. The van der Waals surface area contributed by atoms with Crippen LogP contribution in [0, 0.1) is 13.8 Å². The van der Waals surface area contributed by atoms with Crippen molar-refractivity contribution >= 4 is 33.4 Å². The van der Waals surface area contributed by atoms with E-state index >= 15 is 0 Å². The molecule has 2 aromatic heterocycles. The van der Waals surface area contributed by atoms with Gasteiger partial charge < -0.3 is 14.5 Å². The Labute approximate surface area is 176 Å². The van der Waals surface area contributed by atoms with Crippen molar-refractivity contribution in [1.29, 1.82) is 0 Å². The molecule has 0 spiro atoms. The van der Waals surface area contributed by atoms with E-state index in [1.807, 2.05) is 42.8 Å². The van der Waals surface area contributed by atoms with E-state index in [0.29, 0.717) is 29.6 Å². The molecule has 0 aliphatic carbocycles. The lowest BCUT2D eigenvalue weighted by Crippen LogP contribution is -2.25. The summed E-state index contributed by atoms with van der Waals surface area (Å²) in [5.41, 5.74) is 1.75. The number of nitrogens with zero attached hydrogens (tertiary/aromatic N) is 2. The highest BCUT2D eigenvalue weighted by molar-refractivity contribution is 9.10. The fourth-order valence-electron chi connectivity index (χ4n) is 2.70. The molecule has 148 valence electrons. The maximum atomic E-state index is 12.2. The number of amides is 1. The number of hydrogen-bond acceptors (Lipinski definition) is 4. The van der Waals surface area contributed by atoms with Gasteiger partial charge in [-0.25, -0.2) is 0 Å². The van der Waals surface area contributed by atoms with Crippen LogP contribution in [0.5, 0.6) is 5.75 Å². The van der Waals surface area contributed by atoms with Gasteiger partial charge in [0.15, 0.2) is 5.76 Å². The quantitative estimate of drug-likeness (QED) is 0.479. The zero-order valence-electron chi connectivity index (χ0n) is 15.7. The van der Waals surface area contributed by atoms with Crippen molar-refractivity contribution in [3.05, 3.63) is 68.8 Å². The fourth-order valence-corrected chi connectivity index (χ4v) is 3.23. The van der Waals surface area contributed by atoms with Gasteiger partial charge in [0.2, 0.25) is 0 Å². The first-order chi connectivity index (χ1) is 13.5. The number of para-hydroxylation sites is 1. The molecule has 0 saturated carbocycles. The van der Waals surface area contributed by atoms with Crippen molar-refractivity contribution in [2.75, 3.05) is 6.54 Å². The first-order valence-corrected chi connectivity index (χ1v) is 10.1. The minimum absolute atomic E-state index is 0.245. The van der Waals surface area contributed by atoms with Crippen molar-refractivity contribution in [3.8, 4) is 5.75 Å². The van der Waals surface area contributed by atoms with Crippen LogP contribution in [0.15, 0.2) is 45.3 Å². The molecule has 28 heavy (non-hydrogen) atoms. The lowest BCUT2D eigenvalue weighted by molar-refractivity contribution is 0.0920. The SMILES string of the molecule is Cc1nn(CCCNC(=O)c2ccc(COc3ccccc3Br)o2)c(C)c1Cl. The second-order valence-electron chi connectivity index (χ2n) is 6.30. The largest absolute Gasteiger partial charge is 0.484 e. The lowest BCUT2D eigenvalue weighted by Gasteiger charge is -2.06. The zero-order chi connectivity index (χ0) is 20.1. The summed E-state index contributed by atoms with van der Waals surface area (Å²) in [6, 6.07) is 10.9. The summed E-state index contributed by atoms with van der Waals surface area (Å²) < 4.78 is 14.0. The first-order valence-electron chi connectivity index (χ1n) is 8.89. The molecule has 0 bridgehead atoms. The molecule has 0 fully saturated rings. The number of aromatic nitrogens is 2. The summed E-state index contributed by atoms with van der Waals surface area (Å²) in [7, 11) is 0. The molecule has 0 saturated heterocycles. The molecule has 6 nitrogen and oxygen atoms in total. The average molecular weight is 467 g/mol. The summed E-state index contributed by atoms with van der Waals surface area (Å²) in [6.07, 6.45) is 0.739. The van der Waals surface area contributed by atoms with Crippen molar-refractivity contribution in [3.63, 3.8) is 0 Å². The Hall–Kier alpha value is -2.25. The van der Waals surface area contributed by atoms with Crippen molar-refractivity contribution in [2.45, 2.75) is 33.4 Å². The molecule has 8 heteroatoms. The molecule has 1 N–H and O–H groups in total. The van der Waals surface area contributed by atoms with Gasteiger partial charge >= 0.3 is 0 Å². The van der Waals surface area contributed by atoms with Crippen molar-refractivity contribution in [2.24, 2.45) is 0 Å². The lowest BCUT2D eigenvalue weighted by atomic mass is 10.3. The molecule has 1 aromatic carbocycles. The van der Waals surface area contributed by atoms with Crippen LogP contribution in [-0.2, 0) is 13.2 Å². The first kappa shape index (κ1) is 20.5. The maximum Gasteiger partial charge on any atom is 0.286 e. The monoisotopic (exact) mass is 465 g/mol.